The maximum atomic E-state index is 13.1. The second-order valence-electron chi connectivity index (χ2n) is 6.14. The number of hydrogen-bond acceptors (Lipinski definition) is 3. The Morgan fingerprint density at radius 3 is 2.13 bits per heavy atom. The lowest BCUT2D eigenvalue weighted by molar-refractivity contribution is -0.143. The highest BCUT2D eigenvalue weighted by molar-refractivity contribution is 5.99. The van der Waals surface area contributed by atoms with Crippen molar-refractivity contribution in [2.75, 3.05) is 10.6 Å². The number of nitrogens with one attached hydrogen (secondary N) is 2. The maximum Gasteiger partial charge on any atom is 0.435 e. The molecule has 0 aliphatic heterocycles. The number of benzene rings is 2. The normalized spacial score (nSPS) is 11.6. The van der Waals surface area contributed by atoms with Crippen LogP contribution in [0.2, 0.25) is 0 Å². The third-order valence-corrected chi connectivity index (χ3v) is 3.91. The molecule has 31 heavy (non-hydrogen) atoms. The SMILES string of the molecule is N#Cc1cccc(NC(=O)Nc2ccc(-n3nc(C(F)(F)F)cc3C(F)(F)F)cc2)c1. The summed E-state index contributed by atoms with van der Waals surface area (Å²) in [5.74, 6) is 0. The number of anilines is 2. The molecule has 2 N–H and O–H groups in total. The summed E-state index contributed by atoms with van der Waals surface area (Å²) in [5, 5.41) is 16.8. The minimum absolute atomic E-state index is 0.0744. The van der Waals surface area contributed by atoms with Crippen LogP contribution in [0.15, 0.2) is 54.6 Å². The Morgan fingerprint density at radius 2 is 1.55 bits per heavy atom. The van der Waals surface area contributed by atoms with Crippen molar-refractivity contribution < 1.29 is 31.1 Å². The van der Waals surface area contributed by atoms with E-state index in [1.165, 1.54) is 30.3 Å². The van der Waals surface area contributed by atoms with Gasteiger partial charge in [0.05, 0.1) is 17.3 Å². The van der Waals surface area contributed by atoms with Gasteiger partial charge < -0.3 is 10.6 Å². The fourth-order valence-electron chi connectivity index (χ4n) is 2.56. The number of carbonyl (C=O) groups is 1. The molecule has 2 aromatic carbocycles. The lowest BCUT2D eigenvalue weighted by atomic mass is 10.2. The number of rotatable bonds is 3. The molecule has 12 heteroatoms. The smallest absolute Gasteiger partial charge is 0.308 e. The molecule has 1 aromatic heterocycles. The van der Waals surface area contributed by atoms with Crippen molar-refractivity contribution in [3.8, 4) is 11.8 Å². The van der Waals surface area contributed by atoms with Crippen LogP contribution < -0.4 is 10.6 Å². The molecule has 1 heterocycles. The molecule has 3 aromatic rings. The second-order valence-corrected chi connectivity index (χ2v) is 6.14. The van der Waals surface area contributed by atoms with Gasteiger partial charge in [0.25, 0.3) is 0 Å². The van der Waals surface area contributed by atoms with E-state index in [2.05, 4.69) is 15.7 Å². The molecule has 0 fully saturated rings. The second kappa shape index (κ2) is 8.02. The molecule has 0 atom stereocenters. The largest absolute Gasteiger partial charge is 0.435 e. The summed E-state index contributed by atoms with van der Waals surface area (Å²) in [6, 6.07) is 11.8. The van der Waals surface area contributed by atoms with Gasteiger partial charge in [0.1, 0.15) is 5.69 Å². The molecule has 0 radical (unpaired) electrons. The summed E-state index contributed by atoms with van der Waals surface area (Å²) in [5.41, 5.74) is -2.74. The quantitative estimate of drug-likeness (QED) is 0.535. The minimum Gasteiger partial charge on any atom is -0.308 e. The molecule has 0 saturated carbocycles. The first-order valence-electron chi connectivity index (χ1n) is 8.40. The van der Waals surface area contributed by atoms with Gasteiger partial charge in [-0.3, -0.25) is 0 Å². The maximum absolute atomic E-state index is 13.1. The first-order chi connectivity index (χ1) is 14.5. The molecular formula is C19H11F6N5O. The van der Waals surface area contributed by atoms with Gasteiger partial charge in [-0.1, -0.05) is 6.07 Å². The zero-order valence-corrected chi connectivity index (χ0v) is 15.2. The van der Waals surface area contributed by atoms with Crippen LogP contribution in [0.1, 0.15) is 17.0 Å². The third-order valence-electron chi connectivity index (χ3n) is 3.91. The average molecular weight is 439 g/mol. The van der Waals surface area contributed by atoms with Gasteiger partial charge in [0.15, 0.2) is 5.69 Å². The zero-order valence-electron chi connectivity index (χ0n) is 15.2. The van der Waals surface area contributed by atoms with Crippen LogP contribution in [0.25, 0.3) is 5.69 Å². The lowest BCUT2D eigenvalue weighted by Crippen LogP contribution is -2.19. The van der Waals surface area contributed by atoms with E-state index in [0.717, 1.165) is 12.1 Å². The van der Waals surface area contributed by atoms with Gasteiger partial charge in [-0.05, 0) is 42.5 Å². The monoisotopic (exact) mass is 439 g/mol. The molecule has 0 bridgehead atoms. The highest BCUT2D eigenvalue weighted by atomic mass is 19.4. The van der Waals surface area contributed by atoms with Crippen molar-refractivity contribution in [2.45, 2.75) is 12.4 Å². The van der Waals surface area contributed by atoms with E-state index in [1.54, 1.807) is 6.07 Å². The van der Waals surface area contributed by atoms with Gasteiger partial charge >= 0.3 is 18.4 Å². The standard InChI is InChI=1S/C19H11F6N5O/c20-18(21,22)15-9-16(19(23,24)25)30(29-15)14-6-4-12(5-7-14)27-17(31)28-13-3-1-2-11(8-13)10-26/h1-9H,(H2,27,28,31). The molecular weight excluding hydrogens is 428 g/mol. The highest BCUT2D eigenvalue weighted by Gasteiger charge is 2.42. The summed E-state index contributed by atoms with van der Waals surface area (Å²) in [6.45, 7) is 0. The van der Waals surface area contributed by atoms with Gasteiger partial charge in [0, 0.05) is 17.4 Å². The molecule has 0 unspecified atom stereocenters. The van der Waals surface area contributed by atoms with Crippen molar-refractivity contribution in [3.05, 3.63) is 71.5 Å². The lowest BCUT2D eigenvalue weighted by Gasteiger charge is -2.11. The Balaban J connectivity index is 1.79. The van der Waals surface area contributed by atoms with E-state index >= 15 is 0 Å². The van der Waals surface area contributed by atoms with Crippen LogP contribution in [-0.2, 0) is 12.4 Å². The van der Waals surface area contributed by atoms with E-state index in [9.17, 15) is 31.1 Å². The number of urea groups is 1. The predicted octanol–water partition coefficient (Wildman–Crippen LogP) is 5.43. The zero-order chi connectivity index (χ0) is 22.8. The van der Waals surface area contributed by atoms with Gasteiger partial charge in [0.2, 0.25) is 0 Å². The Labute approximate surface area is 170 Å². The highest BCUT2D eigenvalue weighted by Crippen LogP contribution is 2.36. The predicted molar refractivity (Wildman–Crippen MR) is 97.4 cm³/mol. The number of aromatic nitrogens is 2. The van der Waals surface area contributed by atoms with E-state index in [-0.39, 0.29) is 22.1 Å². The molecule has 160 valence electrons. The number of nitrogens with zero attached hydrogens (tertiary/aromatic N) is 3. The molecule has 0 aliphatic rings. The summed E-state index contributed by atoms with van der Waals surface area (Å²) >= 11 is 0. The van der Waals surface area contributed by atoms with Crippen LogP contribution in [0.4, 0.5) is 42.5 Å². The number of halogens is 6. The topological polar surface area (TPSA) is 82.7 Å². The number of hydrogen-bond donors (Lipinski definition) is 2. The average Bonchev–Trinajstić information content (AvgIpc) is 3.15. The Morgan fingerprint density at radius 1 is 0.903 bits per heavy atom. The number of amides is 2. The number of nitriles is 1. The molecule has 6 nitrogen and oxygen atoms in total. The molecule has 2 amide bonds. The van der Waals surface area contributed by atoms with Gasteiger partial charge in [-0.2, -0.15) is 36.7 Å². The van der Waals surface area contributed by atoms with Crippen molar-refractivity contribution in [2.24, 2.45) is 0 Å². The van der Waals surface area contributed by atoms with E-state index in [4.69, 9.17) is 5.26 Å². The van der Waals surface area contributed by atoms with E-state index in [0.29, 0.717) is 11.3 Å². The van der Waals surface area contributed by atoms with Crippen molar-refractivity contribution in [1.29, 1.82) is 5.26 Å². The van der Waals surface area contributed by atoms with Crippen LogP contribution in [0.3, 0.4) is 0 Å². The van der Waals surface area contributed by atoms with Crippen LogP contribution in [0, 0.1) is 11.3 Å². The number of carbonyl (C=O) groups excluding carboxylic acids is 1. The first-order valence-corrected chi connectivity index (χ1v) is 8.40. The van der Waals surface area contributed by atoms with Crippen LogP contribution in [0.5, 0.6) is 0 Å². The summed E-state index contributed by atoms with van der Waals surface area (Å²) < 4.78 is 78.0. The summed E-state index contributed by atoms with van der Waals surface area (Å²) in [4.78, 5) is 12.0. The summed E-state index contributed by atoms with van der Waals surface area (Å²) in [6.07, 6.45) is -10.1. The van der Waals surface area contributed by atoms with Crippen molar-refractivity contribution >= 4 is 17.4 Å². The first kappa shape index (κ1) is 21.7. The van der Waals surface area contributed by atoms with Crippen molar-refractivity contribution in [1.82, 2.24) is 9.78 Å². The van der Waals surface area contributed by atoms with E-state index < -0.39 is 29.8 Å². The van der Waals surface area contributed by atoms with Crippen LogP contribution in [-0.4, -0.2) is 15.8 Å². The molecule has 0 spiro atoms. The Hall–Kier alpha value is -4.01. The van der Waals surface area contributed by atoms with Crippen molar-refractivity contribution in [3.63, 3.8) is 0 Å². The minimum atomic E-state index is -5.06. The van der Waals surface area contributed by atoms with Crippen LogP contribution >= 0.6 is 0 Å². The Bertz CT molecular complexity index is 1140. The van der Waals surface area contributed by atoms with Gasteiger partial charge in [-0.15, -0.1) is 0 Å². The van der Waals surface area contributed by atoms with E-state index in [1.807, 2.05) is 6.07 Å². The third kappa shape index (κ3) is 5.13. The molecule has 3 rings (SSSR count). The molecule has 0 saturated heterocycles. The Kier molecular flexibility index (Phi) is 5.61. The molecule has 0 aliphatic carbocycles. The number of alkyl halides is 6. The fraction of sp³-hybridized carbons (Fsp3) is 0.105. The van der Waals surface area contributed by atoms with Gasteiger partial charge in [-0.25, -0.2) is 9.48 Å². The summed E-state index contributed by atoms with van der Waals surface area (Å²) in [7, 11) is 0. The fourth-order valence-corrected chi connectivity index (χ4v) is 2.56.